The molecule has 1 aromatic carbocycles. The SMILES string of the molecule is Cc1cccc(C)c1C(=O)NC1(CBr)CCC(C)CC1. The quantitative estimate of drug-likeness (QED) is 0.815. The normalized spacial score (nSPS) is 26.3. The van der Waals surface area contributed by atoms with Gasteiger partial charge < -0.3 is 5.32 Å². The fourth-order valence-electron chi connectivity index (χ4n) is 3.08. The molecule has 1 amide bonds. The molecule has 20 heavy (non-hydrogen) atoms. The first-order valence-corrected chi connectivity index (χ1v) is 8.54. The number of hydrogen-bond acceptors (Lipinski definition) is 1. The largest absolute Gasteiger partial charge is 0.346 e. The Kier molecular flexibility index (Phi) is 4.90. The number of halogens is 1. The van der Waals surface area contributed by atoms with E-state index in [1.807, 2.05) is 32.0 Å². The monoisotopic (exact) mass is 337 g/mol. The number of nitrogens with one attached hydrogen (secondary N) is 1. The maximum atomic E-state index is 12.7. The molecule has 0 aromatic heterocycles. The van der Waals surface area contributed by atoms with Crippen LogP contribution in [0.1, 0.15) is 54.1 Å². The standard InChI is InChI=1S/C17H24BrNO/c1-12-7-9-17(11-18,10-8-12)19-16(20)15-13(2)5-4-6-14(15)3/h4-6,12H,7-11H2,1-3H3,(H,19,20). The summed E-state index contributed by atoms with van der Waals surface area (Å²) >= 11 is 3.61. The number of rotatable bonds is 3. The van der Waals surface area contributed by atoms with Crippen molar-refractivity contribution in [1.29, 1.82) is 0 Å². The molecule has 1 aliphatic carbocycles. The Bertz CT molecular complexity index is 470. The molecule has 0 unspecified atom stereocenters. The van der Waals surface area contributed by atoms with Crippen LogP contribution < -0.4 is 5.32 Å². The Morgan fingerprint density at radius 3 is 2.35 bits per heavy atom. The van der Waals surface area contributed by atoms with Crippen molar-refractivity contribution in [3.05, 3.63) is 34.9 Å². The third-order valence-corrected chi connectivity index (χ3v) is 5.65. The topological polar surface area (TPSA) is 29.1 Å². The number of alkyl halides is 1. The lowest BCUT2D eigenvalue weighted by atomic mass is 9.78. The first-order valence-electron chi connectivity index (χ1n) is 7.42. The van der Waals surface area contributed by atoms with Crippen molar-refractivity contribution in [3.63, 3.8) is 0 Å². The summed E-state index contributed by atoms with van der Waals surface area (Å²) in [5, 5.41) is 4.15. The van der Waals surface area contributed by atoms with Crippen molar-refractivity contribution in [3.8, 4) is 0 Å². The Hall–Kier alpha value is -0.830. The van der Waals surface area contributed by atoms with Gasteiger partial charge in [-0.3, -0.25) is 4.79 Å². The number of carbonyl (C=O) groups is 1. The van der Waals surface area contributed by atoms with Crippen molar-refractivity contribution in [2.24, 2.45) is 5.92 Å². The van der Waals surface area contributed by atoms with Gasteiger partial charge in [0.05, 0.1) is 5.54 Å². The van der Waals surface area contributed by atoms with Crippen LogP contribution in [0.25, 0.3) is 0 Å². The van der Waals surface area contributed by atoms with E-state index in [-0.39, 0.29) is 11.4 Å². The molecular weight excluding hydrogens is 314 g/mol. The fraction of sp³-hybridized carbons (Fsp3) is 0.588. The van der Waals surface area contributed by atoms with E-state index >= 15 is 0 Å². The molecule has 0 saturated heterocycles. The predicted molar refractivity (Wildman–Crippen MR) is 87.5 cm³/mol. The van der Waals surface area contributed by atoms with E-state index in [1.54, 1.807) is 0 Å². The highest BCUT2D eigenvalue weighted by molar-refractivity contribution is 9.09. The molecule has 3 heteroatoms. The first-order chi connectivity index (χ1) is 9.47. The van der Waals surface area contributed by atoms with E-state index in [9.17, 15) is 4.79 Å². The van der Waals surface area contributed by atoms with Crippen LogP contribution in [0.4, 0.5) is 0 Å². The summed E-state index contributed by atoms with van der Waals surface area (Å²) in [5.74, 6) is 0.855. The molecule has 1 aliphatic rings. The second-order valence-corrected chi connectivity index (χ2v) is 6.88. The van der Waals surface area contributed by atoms with Gasteiger partial charge >= 0.3 is 0 Å². The van der Waals surface area contributed by atoms with E-state index in [0.29, 0.717) is 0 Å². The van der Waals surface area contributed by atoms with Crippen LogP contribution in [-0.2, 0) is 0 Å². The molecule has 2 nitrogen and oxygen atoms in total. The molecule has 1 aromatic rings. The van der Waals surface area contributed by atoms with Gasteiger partial charge in [-0.05, 0) is 56.6 Å². The summed E-state index contributed by atoms with van der Waals surface area (Å²) < 4.78 is 0. The van der Waals surface area contributed by atoms with Gasteiger partial charge in [0.15, 0.2) is 0 Å². The lowest BCUT2D eigenvalue weighted by molar-refractivity contribution is 0.0873. The van der Waals surface area contributed by atoms with Crippen LogP contribution in [0.2, 0.25) is 0 Å². The molecule has 0 bridgehead atoms. The lowest BCUT2D eigenvalue weighted by Crippen LogP contribution is -2.52. The Labute approximate surface area is 130 Å². The molecule has 1 saturated carbocycles. The Balaban J connectivity index is 2.18. The van der Waals surface area contributed by atoms with E-state index in [0.717, 1.165) is 40.8 Å². The number of amides is 1. The Morgan fingerprint density at radius 1 is 1.30 bits per heavy atom. The third kappa shape index (κ3) is 3.25. The minimum atomic E-state index is -0.0711. The van der Waals surface area contributed by atoms with E-state index in [2.05, 4.69) is 28.2 Å². The molecule has 2 rings (SSSR count). The van der Waals surface area contributed by atoms with Gasteiger partial charge in [0.25, 0.3) is 5.91 Å². The van der Waals surface area contributed by atoms with Crippen LogP contribution >= 0.6 is 15.9 Å². The maximum Gasteiger partial charge on any atom is 0.252 e. The predicted octanol–water partition coefficient (Wildman–Crippen LogP) is 4.38. The molecule has 0 atom stereocenters. The summed E-state index contributed by atoms with van der Waals surface area (Å²) in [6.07, 6.45) is 4.52. The molecule has 0 spiro atoms. The van der Waals surface area contributed by atoms with Crippen molar-refractivity contribution in [2.45, 2.75) is 52.0 Å². The van der Waals surface area contributed by atoms with Crippen LogP contribution in [-0.4, -0.2) is 16.8 Å². The number of benzene rings is 1. The minimum Gasteiger partial charge on any atom is -0.346 e. The number of carbonyl (C=O) groups excluding carboxylic acids is 1. The Morgan fingerprint density at radius 2 is 1.85 bits per heavy atom. The molecule has 0 radical (unpaired) electrons. The molecule has 110 valence electrons. The zero-order valence-corrected chi connectivity index (χ0v) is 14.2. The van der Waals surface area contributed by atoms with Crippen molar-refractivity contribution in [1.82, 2.24) is 5.32 Å². The van der Waals surface area contributed by atoms with Gasteiger partial charge in [0, 0.05) is 10.9 Å². The van der Waals surface area contributed by atoms with E-state index in [1.165, 1.54) is 12.8 Å². The van der Waals surface area contributed by atoms with Crippen molar-refractivity contribution >= 4 is 21.8 Å². The second-order valence-electron chi connectivity index (χ2n) is 6.32. The summed E-state index contributed by atoms with van der Waals surface area (Å²) in [7, 11) is 0. The zero-order valence-electron chi connectivity index (χ0n) is 12.6. The van der Waals surface area contributed by atoms with Gasteiger partial charge in [0.1, 0.15) is 0 Å². The smallest absolute Gasteiger partial charge is 0.252 e. The maximum absolute atomic E-state index is 12.7. The summed E-state index contributed by atoms with van der Waals surface area (Å²) in [4.78, 5) is 12.7. The highest BCUT2D eigenvalue weighted by atomic mass is 79.9. The summed E-state index contributed by atoms with van der Waals surface area (Å²) in [5.41, 5.74) is 2.87. The van der Waals surface area contributed by atoms with E-state index in [4.69, 9.17) is 0 Å². The van der Waals surface area contributed by atoms with Gasteiger partial charge in [-0.2, -0.15) is 0 Å². The van der Waals surface area contributed by atoms with Crippen LogP contribution in [0.15, 0.2) is 18.2 Å². The van der Waals surface area contributed by atoms with Gasteiger partial charge in [-0.1, -0.05) is 41.1 Å². The van der Waals surface area contributed by atoms with Crippen LogP contribution in [0, 0.1) is 19.8 Å². The average Bonchev–Trinajstić information content (AvgIpc) is 2.41. The molecule has 0 heterocycles. The van der Waals surface area contributed by atoms with E-state index < -0.39 is 0 Å². The molecule has 0 aliphatic heterocycles. The molecular formula is C17H24BrNO. The minimum absolute atomic E-state index is 0.0711. The third-order valence-electron chi connectivity index (χ3n) is 4.57. The number of aryl methyl sites for hydroxylation is 2. The first kappa shape index (κ1) is 15.6. The van der Waals surface area contributed by atoms with Crippen LogP contribution in [0.5, 0.6) is 0 Å². The van der Waals surface area contributed by atoms with Crippen LogP contribution in [0.3, 0.4) is 0 Å². The summed E-state index contributed by atoms with van der Waals surface area (Å²) in [6, 6.07) is 6.02. The molecule has 1 N–H and O–H groups in total. The molecule has 1 fully saturated rings. The lowest BCUT2D eigenvalue weighted by Gasteiger charge is -2.39. The number of hydrogen-bond donors (Lipinski definition) is 1. The highest BCUT2D eigenvalue weighted by Gasteiger charge is 2.35. The van der Waals surface area contributed by atoms with Gasteiger partial charge in [-0.15, -0.1) is 0 Å². The fourth-order valence-corrected chi connectivity index (χ4v) is 3.78. The van der Waals surface area contributed by atoms with Crippen molar-refractivity contribution in [2.75, 3.05) is 5.33 Å². The zero-order chi connectivity index (χ0) is 14.8. The average molecular weight is 338 g/mol. The highest BCUT2D eigenvalue weighted by Crippen LogP contribution is 2.33. The van der Waals surface area contributed by atoms with Gasteiger partial charge in [-0.25, -0.2) is 0 Å². The summed E-state index contributed by atoms with van der Waals surface area (Å²) in [6.45, 7) is 6.31. The second kappa shape index (κ2) is 6.30. The van der Waals surface area contributed by atoms with Gasteiger partial charge in [0.2, 0.25) is 0 Å². The van der Waals surface area contributed by atoms with Crippen molar-refractivity contribution < 1.29 is 4.79 Å².